The number of carbonyl (C=O) groups is 1. The predicted octanol–water partition coefficient (Wildman–Crippen LogP) is 4.08. The number of nitrogens with zero attached hydrogens (tertiary/aromatic N) is 2. The summed E-state index contributed by atoms with van der Waals surface area (Å²) in [5.74, 6) is 0.638. The molecule has 0 N–H and O–H groups in total. The van der Waals surface area contributed by atoms with Crippen LogP contribution in [-0.2, 0) is 11.2 Å². The van der Waals surface area contributed by atoms with Crippen molar-refractivity contribution in [3.05, 3.63) is 39.7 Å². The lowest BCUT2D eigenvalue weighted by atomic mass is 10.1. The summed E-state index contributed by atoms with van der Waals surface area (Å²) in [5.41, 5.74) is 3.27. The van der Waals surface area contributed by atoms with E-state index in [0.717, 1.165) is 27.7 Å². The maximum Gasteiger partial charge on any atom is 0.227 e. The van der Waals surface area contributed by atoms with Gasteiger partial charge in [-0.15, -0.1) is 11.3 Å². The Morgan fingerprint density at radius 3 is 2.45 bits per heavy atom. The molecular formula is C18H24N2OS. The fraction of sp³-hybridized carbons (Fsp3) is 0.444. The zero-order valence-corrected chi connectivity index (χ0v) is 14.8. The van der Waals surface area contributed by atoms with Gasteiger partial charge in [0.25, 0.3) is 0 Å². The molecule has 4 heteroatoms. The van der Waals surface area contributed by atoms with E-state index in [1.54, 1.807) is 11.3 Å². The first-order chi connectivity index (χ1) is 10.4. The number of hydrogen-bond acceptors (Lipinski definition) is 3. The van der Waals surface area contributed by atoms with Gasteiger partial charge in [-0.1, -0.05) is 43.7 Å². The van der Waals surface area contributed by atoms with E-state index in [4.69, 9.17) is 0 Å². The number of amides is 1. The van der Waals surface area contributed by atoms with Crippen LogP contribution in [0.2, 0.25) is 0 Å². The second kappa shape index (κ2) is 7.05. The minimum atomic E-state index is 0.158. The molecule has 0 aliphatic heterocycles. The number of carbonyl (C=O) groups excluding carboxylic acids is 1. The SMILES string of the molecule is Cc1ccc(-c2nc(C)sc2CC(=O)N(C)CC(C)C)cc1. The van der Waals surface area contributed by atoms with Gasteiger partial charge >= 0.3 is 0 Å². The van der Waals surface area contributed by atoms with Crippen molar-refractivity contribution in [3.8, 4) is 11.3 Å². The molecule has 0 atom stereocenters. The van der Waals surface area contributed by atoms with Crippen molar-refractivity contribution in [1.29, 1.82) is 0 Å². The van der Waals surface area contributed by atoms with E-state index in [2.05, 4.69) is 50.0 Å². The molecule has 22 heavy (non-hydrogen) atoms. The first kappa shape index (κ1) is 16.7. The van der Waals surface area contributed by atoms with Gasteiger partial charge in [-0.05, 0) is 19.8 Å². The lowest BCUT2D eigenvalue weighted by molar-refractivity contribution is -0.129. The summed E-state index contributed by atoms with van der Waals surface area (Å²) in [6.45, 7) is 9.10. The van der Waals surface area contributed by atoms with Gasteiger partial charge in [0.15, 0.2) is 0 Å². The minimum Gasteiger partial charge on any atom is -0.345 e. The first-order valence-electron chi connectivity index (χ1n) is 7.64. The highest BCUT2D eigenvalue weighted by molar-refractivity contribution is 7.12. The number of likely N-dealkylation sites (N-methyl/N-ethyl adjacent to an activating group) is 1. The van der Waals surface area contributed by atoms with Crippen molar-refractivity contribution in [2.75, 3.05) is 13.6 Å². The van der Waals surface area contributed by atoms with E-state index in [-0.39, 0.29) is 5.91 Å². The van der Waals surface area contributed by atoms with Crippen LogP contribution >= 0.6 is 11.3 Å². The molecule has 0 aliphatic carbocycles. The standard InChI is InChI=1S/C18H24N2OS/c1-12(2)11-20(5)17(21)10-16-18(19-14(4)22-16)15-8-6-13(3)7-9-15/h6-9,12H,10-11H2,1-5H3. The molecule has 118 valence electrons. The van der Waals surface area contributed by atoms with Gasteiger partial charge in [-0.25, -0.2) is 4.98 Å². The van der Waals surface area contributed by atoms with Gasteiger partial charge in [0.2, 0.25) is 5.91 Å². The Hall–Kier alpha value is -1.68. The number of thiazole rings is 1. The van der Waals surface area contributed by atoms with E-state index >= 15 is 0 Å². The topological polar surface area (TPSA) is 33.2 Å². The summed E-state index contributed by atoms with van der Waals surface area (Å²) in [5, 5.41) is 1.00. The summed E-state index contributed by atoms with van der Waals surface area (Å²) in [6.07, 6.45) is 0.429. The normalized spacial score (nSPS) is 11.0. The highest BCUT2D eigenvalue weighted by Crippen LogP contribution is 2.29. The van der Waals surface area contributed by atoms with Crippen molar-refractivity contribution in [3.63, 3.8) is 0 Å². The van der Waals surface area contributed by atoms with Crippen LogP contribution in [0.5, 0.6) is 0 Å². The largest absolute Gasteiger partial charge is 0.345 e. The van der Waals surface area contributed by atoms with Gasteiger partial charge in [0.05, 0.1) is 17.1 Å². The zero-order valence-electron chi connectivity index (χ0n) is 14.0. The molecule has 1 amide bonds. The minimum absolute atomic E-state index is 0.158. The molecule has 0 saturated carbocycles. The molecule has 2 rings (SSSR count). The molecule has 1 aromatic heterocycles. The zero-order chi connectivity index (χ0) is 16.3. The first-order valence-corrected chi connectivity index (χ1v) is 8.45. The van der Waals surface area contributed by atoms with Crippen LogP contribution in [0.4, 0.5) is 0 Å². The summed E-state index contributed by atoms with van der Waals surface area (Å²) >= 11 is 1.62. The molecule has 3 nitrogen and oxygen atoms in total. The average Bonchev–Trinajstić information content (AvgIpc) is 2.79. The molecule has 1 aromatic carbocycles. The second-order valence-electron chi connectivity index (χ2n) is 6.22. The van der Waals surface area contributed by atoms with Gasteiger partial charge in [0.1, 0.15) is 0 Å². The predicted molar refractivity (Wildman–Crippen MR) is 93.2 cm³/mol. The maximum atomic E-state index is 12.4. The van der Waals surface area contributed by atoms with Crippen LogP contribution in [0.1, 0.15) is 29.3 Å². The van der Waals surface area contributed by atoms with Crippen molar-refractivity contribution in [2.24, 2.45) is 5.92 Å². The number of benzene rings is 1. The van der Waals surface area contributed by atoms with Gasteiger partial charge in [-0.3, -0.25) is 4.79 Å². The van der Waals surface area contributed by atoms with Crippen molar-refractivity contribution in [2.45, 2.75) is 34.1 Å². The molecule has 1 heterocycles. The van der Waals surface area contributed by atoms with E-state index < -0.39 is 0 Å². The number of aromatic nitrogens is 1. The second-order valence-corrected chi connectivity index (χ2v) is 7.50. The Morgan fingerprint density at radius 1 is 1.23 bits per heavy atom. The smallest absolute Gasteiger partial charge is 0.227 e. The van der Waals surface area contributed by atoms with Crippen LogP contribution < -0.4 is 0 Å². The molecule has 0 saturated heterocycles. The third-order valence-electron chi connectivity index (χ3n) is 3.51. The van der Waals surface area contributed by atoms with E-state index in [9.17, 15) is 4.79 Å². The molecule has 0 aliphatic rings. The Morgan fingerprint density at radius 2 is 1.86 bits per heavy atom. The lowest BCUT2D eigenvalue weighted by Gasteiger charge is -2.19. The number of rotatable bonds is 5. The maximum absolute atomic E-state index is 12.4. The fourth-order valence-corrected chi connectivity index (χ4v) is 3.40. The van der Waals surface area contributed by atoms with Crippen LogP contribution in [0.3, 0.4) is 0 Å². The summed E-state index contributed by atoms with van der Waals surface area (Å²) in [6, 6.07) is 8.33. The van der Waals surface area contributed by atoms with Crippen molar-refractivity contribution in [1.82, 2.24) is 9.88 Å². The molecule has 0 unspecified atom stereocenters. The van der Waals surface area contributed by atoms with Crippen molar-refractivity contribution < 1.29 is 4.79 Å². The Balaban J connectivity index is 2.21. The summed E-state index contributed by atoms with van der Waals surface area (Å²) < 4.78 is 0. The molecule has 0 spiro atoms. The third-order valence-corrected chi connectivity index (χ3v) is 4.48. The molecule has 0 fully saturated rings. The van der Waals surface area contributed by atoms with E-state index in [1.807, 2.05) is 18.9 Å². The number of aryl methyl sites for hydroxylation is 2. The highest BCUT2D eigenvalue weighted by atomic mass is 32.1. The third kappa shape index (κ3) is 4.17. The van der Waals surface area contributed by atoms with Crippen LogP contribution in [0, 0.1) is 19.8 Å². The monoisotopic (exact) mass is 316 g/mol. The van der Waals surface area contributed by atoms with Gasteiger partial charge in [-0.2, -0.15) is 0 Å². The molecular weight excluding hydrogens is 292 g/mol. The van der Waals surface area contributed by atoms with E-state index in [1.165, 1.54) is 5.56 Å². The molecule has 2 aromatic rings. The van der Waals surface area contributed by atoms with Crippen LogP contribution in [0.25, 0.3) is 11.3 Å². The van der Waals surface area contributed by atoms with Crippen molar-refractivity contribution >= 4 is 17.2 Å². The Bertz CT molecular complexity index is 644. The van der Waals surface area contributed by atoms with Gasteiger partial charge in [0, 0.05) is 24.0 Å². The van der Waals surface area contributed by atoms with Crippen LogP contribution in [0.15, 0.2) is 24.3 Å². The summed E-state index contributed by atoms with van der Waals surface area (Å²) in [4.78, 5) is 19.9. The highest BCUT2D eigenvalue weighted by Gasteiger charge is 2.17. The fourth-order valence-electron chi connectivity index (χ4n) is 2.45. The quantitative estimate of drug-likeness (QED) is 0.832. The Labute approximate surface area is 137 Å². The lowest BCUT2D eigenvalue weighted by Crippen LogP contribution is -2.31. The van der Waals surface area contributed by atoms with E-state index in [0.29, 0.717) is 12.3 Å². The van der Waals surface area contributed by atoms with Gasteiger partial charge < -0.3 is 4.90 Å². The molecule has 0 radical (unpaired) electrons. The Kier molecular flexibility index (Phi) is 5.35. The number of hydrogen-bond donors (Lipinski definition) is 0. The van der Waals surface area contributed by atoms with Crippen LogP contribution in [-0.4, -0.2) is 29.4 Å². The summed E-state index contributed by atoms with van der Waals surface area (Å²) in [7, 11) is 1.88. The molecule has 0 bridgehead atoms. The average molecular weight is 316 g/mol.